The first-order valence-corrected chi connectivity index (χ1v) is 8.85. The minimum Gasteiger partial charge on any atom is -0.388 e. The van der Waals surface area contributed by atoms with Crippen LogP contribution in [0.15, 0.2) is 30.3 Å². The molecule has 0 atom stereocenters. The highest BCUT2D eigenvalue weighted by Gasteiger charge is 2.33. The molecule has 1 fully saturated rings. The number of rotatable bonds is 7. The van der Waals surface area contributed by atoms with Gasteiger partial charge >= 0.3 is 0 Å². The number of likely N-dealkylation sites (N-methyl/N-ethyl adjacent to an activating group) is 1. The summed E-state index contributed by atoms with van der Waals surface area (Å²) in [5.74, 6) is 0.635. The molecule has 0 aliphatic heterocycles. The van der Waals surface area contributed by atoms with Crippen LogP contribution >= 0.6 is 0 Å². The Kier molecular flexibility index (Phi) is 5.43. The molecule has 1 aromatic carbocycles. The van der Waals surface area contributed by atoms with E-state index in [0.717, 1.165) is 31.2 Å². The zero-order valence-corrected chi connectivity index (χ0v) is 14.6. The molecule has 0 saturated heterocycles. The lowest BCUT2D eigenvalue weighted by molar-refractivity contribution is -0.133. The standard InChI is InChI=1S/C18H25N5O2/c1-22(14-18(25)11-5-6-12-18)16(24)10-7-13-23-20-17(19-21-23)15-8-3-2-4-9-15/h2-4,8-9,25H,5-7,10-14H2,1H3. The Morgan fingerprint density at radius 3 is 2.72 bits per heavy atom. The molecule has 7 nitrogen and oxygen atoms in total. The van der Waals surface area contributed by atoms with Crippen molar-refractivity contribution in [3.05, 3.63) is 30.3 Å². The third-order valence-electron chi connectivity index (χ3n) is 4.73. The molecule has 3 rings (SSSR count). The Bertz CT molecular complexity index is 695. The zero-order chi connectivity index (χ0) is 17.7. The number of aryl methyl sites for hydroxylation is 1. The number of amides is 1. The van der Waals surface area contributed by atoms with E-state index in [-0.39, 0.29) is 5.91 Å². The van der Waals surface area contributed by atoms with Gasteiger partial charge in [-0.15, -0.1) is 10.2 Å². The summed E-state index contributed by atoms with van der Waals surface area (Å²) >= 11 is 0. The van der Waals surface area contributed by atoms with Crippen molar-refractivity contribution in [3.8, 4) is 11.4 Å². The smallest absolute Gasteiger partial charge is 0.222 e. The Hall–Kier alpha value is -2.28. The van der Waals surface area contributed by atoms with Gasteiger partial charge in [0.25, 0.3) is 0 Å². The van der Waals surface area contributed by atoms with Crippen LogP contribution in [0.25, 0.3) is 11.4 Å². The minimum atomic E-state index is -0.692. The maximum absolute atomic E-state index is 12.2. The predicted molar refractivity (Wildman–Crippen MR) is 93.5 cm³/mol. The Morgan fingerprint density at radius 1 is 1.28 bits per heavy atom. The monoisotopic (exact) mass is 343 g/mol. The van der Waals surface area contributed by atoms with Gasteiger partial charge in [0.2, 0.25) is 11.7 Å². The molecule has 1 aliphatic carbocycles. The highest BCUT2D eigenvalue weighted by Crippen LogP contribution is 2.30. The van der Waals surface area contributed by atoms with Crippen molar-refractivity contribution >= 4 is 5.91 Å². The molecule has 7 heteroatoms. The number of carbonyl (C=O) groups is 1. The molecule has 134 valence electrons. The molecule has 1 amide bonds. The van der Waals surface area contributed by atoms with Gasteiger partial charge in [0.15, 0.2) is 0 Å². The van der Waals surface area contributed by atoms with E-state index in [9.17, 15) is 9.90 Å². The second-order valence-corrected chi connectivity index (χ2v) is 6.86. The van der Waals surface area contributed by atoms with Crippen LogP contribution < -0.4 is 0 Å². The van der Waals surface area contributed by atoms with E-state index in [0.29, 0.717) is 31.8 Å². The van der Waals surface area contributed by atoms with E-state index >= 15 is 0 Å². The molecular weight excluding hydrogens is 318 g/mol. The second kappa shape index (κ2) is 7.74. The van der Waals surface area contributed by atoms with Gasteiger partial charge < -0.3 is 10.0 Å². The van der Waals surface area contributed by atoms with Crippen molar-refractivity contribution in [1.82, 2.24) is 25.1 Å². The SMILES string of the molecule is CN(CC1(O)CCCC1)C(=O)CCCn1nnc(-c2ccccc2)n1. The van der Waals surface area contributed by atoms with Crippen LogP contribution in [0.3, 0.4) is 0 Å². The number of carbonyl (C=O) groups excluding carboxylic acids is 1. The van der Waals surface area contributed by atoms with Gasteiger partial charge in [0.1, 0.15) is 0 Å². The Morgan fingerprint density at radius 2 is 2.00 bits per heavy atom. The number of tetrazole rings is 1. The molecule has 1 aliphatic rings. The number of aliphatic hydroxyl groups is 1. The quantitative estimate of drug-likeness (QED) is 0.830. The topological polar surface area (TPSA) is 84.1 Å². The molecule has 1 N–H and O–H groups in total. The average Bonchev–Trinajstić information content (AvgIpc) is 3.25. The van der Waals surface area contributed by atoms with Gasteiger partial charge in [0, 0.05) is 25.6 Å². The molecule has 2 aromatic rings. The van der Waals surface area contributed by atoms with Crippen LogP contribution in [0.1, 0.15) is 38.5 Å². The summed E-state index contributed by atoms with van der Waals surface area (Å²) in [7, 11) is 1.76. The summed E-state index contributed by atoms with van der Waals surface area (Å²) in [6.07, 6.45) is 4.72. The summed E-state index contributed by atoms with van der Waals surface area (Å²) in [5, 5.41) is 22.8. The van der Waals surface area contributed by atoms with E-state index in [1.807, 2.05) is 30.3 Å². The normalized spacial score (nSPS) is 16.1. The number of hydrogen-bond donors (Lipinski definition) is 1. The first-order chi connectivity index (χ1) is 12.1. The first-order valence-electron chi connectivity index (χ1n) is 8.85. The predicted octanol–water partition coefficient (Wildman–Crippen LogP) is 1.88. The van der Waals surface area contributed by atoms with Gasteiger partial charge in [-0.05, 0) is 24.5 Å². The molecule has 0 unspecified atom stereocenters. The van der Waals surface area contributed by atoms with Crippen molar-refractivity contribution in [2.45, 2.75) is 50.7 Å². The molecule has 25 heavy (non-hydrogen) atoms. The number of benzene rings is 1. The Labute approximate surface area is 147 Å². The average molecular weight is 343 g/mol. The van der Waals surface area contributed by atoms with E-state index in [1.165, 1.54) is 4.80 Å². The fourth-order valence-electron chi connectivity index (χ4n) is 3.32. The molecule has 1 heterocycles. The van der Waals surface area contributed by atoms with Crippen molar-refractivity contribution < 1.29 is 9.90 Å². The Balaban J connectivity index is 1.45. The summed E-state index contributed by atoms with van der Waals surface area (Å²) in [4.78, 5) is 15.4. The van der Waals surface area contributed by atoms with Crippen LogP contribution in [0, 0.1) is 0 Å². The van der Waals surface area contributed by atoms with E-state index in [2.05, 4.69) is 15.4 Å². The fraction of sp³-hybridized carbons (Fsp3) is 0.556. The molecule has 1 saturated carbocycles. The van der Waals surface area contributed by atoms with Crippen molar-refractivity contribution in [3.63, 3.8) is 0 Å². The molecule has 0 radical (unpaired) electrons. The maximum atomic E-state index is 12.2. The van der Waals surface area contributed by atoms with Crippen LogP contribution in [0.2, 0.25) is 0 Å². The molecule has 0 spiro atoms. The van der Waals surface area contributed by atoms with Gasteiger partial charge in [-0.3, -0.25) is 4.79 Å². The van der Waals surface area contributed by atoms with Gasteiger partial charge in [-0.1, -0.05) is 43.2 Å². The number of nitrogens with zero attached hydrogens (tertiary/aromatic N) is 5. The van der Waals surface area contributed by atoms with Crippen molar-refractivity contribution in [1.29, 1.82) is 0 Å². The van der Waals surface area contributed by atoms with Crippen molar-refractivity contribution in [2.24, 2.45) is 0 Å². The minimum absolute atomic E-state index is 0.0451. The lowest BCUT2D eigenvalue weighted by atomic mass is 10.0. The largest absolute Gasteiger partial charge is 0.388 e. The van der Waals surface area contributed by atoms with Crippen molar-refractivity contribution in [2.75, 3.05) is 13.6 Å². The summed E-state index contributed by atoms with van der Waals surface area (Å²) < 4.78 is 0. The zero-order valence-electron chi connectivity index (χ0n) is 14.6. The van der Waals surface area contributed by atoms with Crippen LogP contribution in [0.4, 0.5) is 0 Å². The lowest BCUT2D eigenvalue weighted by Crippen LogP contribution is -2.42. The third kappa shape index (κ3) is 4.63. The second-order valence-electron chi connectivity index (χ2n) is 6.86. The number of hydrogen-bond acceptors (Lipinski definition) is 5. The maximum Gasteiger partial charge on any atom is 0.222 e. The lowest BCUT2D eigenvalue weighted by Gasteiger charge is -2.28. The van der Waals surface area contributed by atoms with E-state index in [1.54, 1.807) is 11.9 Å². The van der Waals surface area contributed by atoms with Crippen LogP contribution in [-0.4, -0.2) is 55.3 Å². The summed E-state index contributed by atoms with van der Waals surface area (Å²) in [6, 6.07) is 9.69. The van der Waals surface area contributed by atoms with Gasteiger partial charge in [-0.2, -0.15) is 4.80 Å². The van der Waals surface area contributed by atoms with E-state index in [4.69, 9.17) is 0 Å². The first kappa shape index (κ1) is 17.5. The fourth-order valence-corrected chi connectivity index (χ4v) is 3.32. The van der Waals surface area contributed by atoms with Gasteiger partial charge in [-0.25, -0.2) is 0 Å². The van der Waals surface area contributed by atoms with Crippen LogP contribution in [0.5, 0.6) is 0 Å². The highest BCUT2D eigenvalue weighted by atomic mass is 16.3. The van der Waals surface area contributed by atoms with E-state index < -0.39 is 5.60 Å². The van der Waals surface area contributed by atoms with Gasteiger partial charge in [0.05, 0.1) is 12.1 Å². The molecule has 0 bridgehead atoms. The molecule has 1 aromatic heterocycles. The third-order valence-corrected chi connectivity index (χ3v) is 4.73. The highest BCUT2D eigenvalue weighted by molar-refractivity contribution is 5.75. The number of aromatic nitrogens is 4. The summed E-state index contributed by atoms with van der Waals surface area (Å²) in [5.41, 5.74) is 0.233. The van der Waals surface area contributed by atoms with Crippen LogP contribution in [-0.2, 0) is 11.3 Å². The molecular formula is C18H25N5O2. The summed E-state index contributed by atoms with van der Waals surface area (Å²) in [6.45, 7) is 0.968.